The third-order valence-corrected chi connectivity index (χ3v) is 2.81. The smallest absolute Gasteiger partial charge is 0.257 e. The summed E-state index contributed by atoms with van der Waals surface area (Å²) in [5.41, 5.74) is -0.214. The van der Waals surface area contributed by atoms with E-state index in [4.69, 9.17) is 0 Å². The number of hydrogen-bond donors (Lipinski definition) is 1. The van der Waals surface area contributed by atoms with Crippen LogP contribution < -0.4 is 5.32 Å². The van der Waals surface area contributed by atoms with Crippen LogP contribution in [-0.4, -0.2) is 37.0 Å². The van der Waals surface area contributed by atoms with Gasteiger partial charge in [0.1, 0.15) is 0 Å². The van der Waals surface area contributed by atoms with E-state index in [1.165, 1.54) is 17.0 Å². The molecule has 1 fully saturated rings. The molecule has 0 unspecified atom stereocenters. The minimum absolute atomic E-state index is 0. The zero-order valence-corrected chi connectivity index (χ0v) is 10.1. The van der Waals surface area contributed by atoms with Crippen LogP contribution in [-0.2, 0) is 0 Å². The van der Waals surface area contributed by atoms with Crippen molar-refractivity contribution in [1.82, 2.24) is 10.2 Å². The molecule has 1 aromatic rings. The highest BCUT2D eigenvalue weighted by atomic mass is 35.5. The summed E-state index contributed by atoms with van der Waals surface area (Å²) in [4.78, 5) is 13.3. The first kappa shape index (κ1) is 13.9. The molecule has 1 saturated heterocycles. The Balaban J connectivity index is 0.00000144. The summed E-state index contributed by atoms with van der Waals surface area (Å²) in [6.45, 7) is 1.39. The van der Waals surface area contributed by atoms with Gasteiger partial charge < -0.3 is 10.2 Å². The molecule has 1 N–H and O–H groups in total. The van der Waals surface area contributed by atoms with Gasteiger partial charge in [0.2, 0.25) is 0 Å². The Morgan fingerprint density at radius 3 is 2.59 bits per heavy atom. The normalized spacial score (nSPS) is 14.8. The fourth-order valence-electron chi connectivity index (χ4n) is 1.57. The molecule has 6 heteroatoms. The van der Waals surface area contributed by atoms with Crippen LogP contribution in [0.2, 0.25) is 0 Å². The number of amides is 1. The number of rotatable bonds is 2. The lowest BCUT2D eigenvalue weighted by Gasteiger charge is -2.35. The molecule has 94 valence electrons. The highest BCUT2D eigenvalue weighted by Crippen LogP contribution is 2.15. The Hall–Kier alpha value is -1.20. The molecule has 0 spiro atoms. The van der Waals surface area contributed by atoms with Crippen molar-refractivity contribution in [1.29, 1.82) is 0 Å². The van der Waals surface area contributed by atoms with E-state index in [2.05, 4.69) is 5.32 Å². The largest absolute Gasteiger partial charge is 0.336 e. The average Bonchev–Trinajstić information content (AvgIpc) is 2.18. The molecular weight excluding hydrogens is 250 g/mol. The van der Waals surface area contributed by atoms with Gasteiger partial charge in [0.15, 0.2) is 11.6 Å². The van der Waals surface area contributed by atoms with Gasteiger partial charge in [0.25, 0.3) is 5.91 Å². The van der Waals surface area contributed by atoms with Crippen LogP contribution in [0, 0.1) is 11.6 Å². The van der Waals surface area contributed by atoms with E-state index >= 15 is 0 Å². The molecule has 1 aliphatic heterocycles. The summed E-state index contributed by atoms with van der Waals surface area (Å²) in [6, 6.07) is 3.69. The van der Waals surface area contributed by atoms with Crippen LogP contribution in [0.5, 0.6) is 0 Å². The van der Waals surface area contributed by atoms with Gasteiger partial charge in [-0.2, -0.15) is 0 Å². The van der Waals surface area contributed by atoms with Crippen LogP contribution in [0.4, 0.5) is 8.78 Å². The molecule has 17 heavy (non-hydrogen) atoms. The van der Waals surface area contributed by atoms with E-state index in [0.717, 1.165) is 6.07 Å². The molecule has 0 bridgehead atoms. The summed E-state index contributed by atoms with van der Waals surface area (Å²) in [6.07, 6.45) is 0. The molecule has 1 aliphatic rings. The number of benzene rings is 1. The van der Waals surface area contributed by atoms with E-state index in [1.54, 1.807) is 7.05 Å². The first-order chi connectivity index (χ1) is 7.61. The molecular formula is C11H13ClF2N2O. The van der Waals surface area contributed by atoms with Gasteiger partial charge in [0, 0.05) is 20.1 Å². The van der Waals surface area contributed by atoms with Crippen LogP contribution in [0.25, 0.3) is 0 Å². The number of carbonyl (C=O) groups excluding carboxylic acids is 1. The Morgan fingerprint density at radius 2 is 2.06 bits per heavy atom. The Morgan fingerprint density at radius 1 is 1.41 bits per heavy atom. The van der Waals surface area contributed by atoms with Crippen molar-refractivity contribution in [3.63, 3.8) is 0 Å². The zero-order chi connectivity index (χ0) is 11.7. The number of nitrogens with one attached hydrogen (secondary N) is 1. The summed E-state index contributed by atoms with van der Waals surface area (Å²) in [5, 5.41) is 3.01. The first-order valence-electron chi connectivity index (χ1n) is 5.03. The lowest BCUT2D eigenvalue weighted by molar-refractivity contribution is 0.0675. The number of likely N-dealkylation sites (N-methyl/N-ethyl adjacent to an activating group) is 1. The maximum Gasteiger partial charge on any atom is 0.257 e. The molecule has 1 amide bonds. The SMILES string of the molecule is CN(C(=O)c1cccc(F)c1F)C1CNC1.Cl. The van der Waals surface area contributed by atoms with E-state index in [0.29, 0.717) is 13.1 Å². The van der Waals surface area contributed by atoms with Crippen LogP contribution in [0.15, 0.2) is 18.2 Å². The van der Waals surface area contributed by atoms with Gasteiger partial charge in [0.05, 0.1) is 11.6 Å². The molecule has 0 saturated carbocycles. The Labute approximate surface area is 104 Å². The van der Waals surface area contributed by atoms with E-state index < -0.39 is 17.5 Å². The summed E-state index contributed by atoms with van der Waals surface area (Å²) in [7, 11) is 1.60. The van der Waals surface area contributed by atoms with E-state index in [1.807, 2.05) is 0 Å². The number of halogens is 3. The second-order valence-corrected chi connectivity index (χ2v) is 3.83. The monoisotopic (exact) mass is 262 g/mol. The molecule has 0 radical (unpaired) electrons. The molecule has 0 atom stereocenters. The van der Waals surface area contributed by atoms with Crippen molar-refractivity contribution < 1.29 is 13.6 Å². The fourth-order valence-corrected chi connectivity index (χ4v) is 1.57. The van der Waals surface area contributed by atoms with Crippen molar-refractivity contribution in [3.8, 4) is 0 Å². The van der Waals surface area contributed by atoms with Crippen molar-refractivity contribution >= 4 is 18.3 Å². The van der Waals surface area contributed by atoms with Crippen LogP contribution in [0.1, 0.15) is 10.4 Å². The van der Waals surface area contributed by atoms with Crippen molar-refractivity contribution in [2.24, 2.45) is 0 Å². The van der Waals surface area contributed by atoms with Crippen LogP contribution in [0.3, 0.4) is 0 Å². The maximum absolute atomic E-state index is 13.4. The van der Waals surface area contributed by atoms with Gasteiger partial charge in [-0.1, -0.05) is 6.07 Å². The summed E-state index contributed by atoms with van der Waals surface area (Å²) < 4.78 is 26.3. The minimum atomic E-state index is -1.08. The molecule has 0 aromatic heterocycles. The lowest BCUT2D eigenvalue weighted by atomic mass is 10.1. The minimum Gasteiger partial charge on any atom is -0.336 e. The van der Waals surface area contributed by atoms with Crippen LogP contribution >= 0.6 is 12.4 Å². The lowest BCUT2D eigenvalue weighted by Crippen LogP contribution is -2.57. The number of hydrogen-bond acceptors (Lipinski definition) is 2. The fraction of sp³-hybridized carbons (Fsp3) is 0.364. The maximum atomic E-state index is 13.4. The first-order valence-corrected chi connectivity index (χ1v) is 5.03. The highest BCUT2D eigenvalue weighted by molar-refractivity contribution is 5.94. The predicted octanol–water partition coefficient (Wildman–Crippen LogP) is 1.43. The van der Waals surface area contributed by atoms with Crippen molar-refractivity contribution in [2.45, 2.75) is 6.04 Å². The Bertz CT molecular complexity index is 424. The number of carbonyl (C=O) groups is 1. The zero-order valence-electron chi connectivity index (χ0n) is 9.24. The highest BCUT2D eigenvalue weighted by Gasteiger charge is 2.27. The van der Waals surface area contributed by atoms with Crippen molar-refractivity contribution in [3.05, 3.63) is 35.4 Å². The summed E-state index contributed by atoms with van der Waals surface area (Å²) >= 11 is 0. The van der Waals surface area contributed by atoms with E-state index in [-0.39, 0.29) is 24.0 Å². The van der Waals surface area contributed by atoms with Gasteiger partial charge in [-0.15, -0.1) is 12.4 Å². The summed E-state index contributed by atoms with van der Waals surface area (Å²) in [5.74, 6) is -2.55. The standard InChI is InChI=1S/C11H12F2N2O.ClH/c1-15(7-5-14-6-7)11(16)8-3-2-4-9(12)10(8)13;/h2-4,7,14H,5-6H2,1H3;1H. The quantitative estimate of drug-likeness (QED) is 0.875. The third kappa shape index (κ3) is 2.56. The van der Waals surface area contributed by atoms with Crippen molar-refractivity contribution in [2.75, 3.05) is 20.1 Å². The topological polar surface area (TPSA) is 32.3 Å². The van der Waals surface area contributed by atoms with Gasteiger partial charge >= 0.3 is 0 Å². The van der Waals surface area contributed by atoms with Gasteiger partial charge in [-0.05, 0) is 12.1 Å². The molecule has 2 rings (SSSR count). The molecule has 1 heterocycles. The van der Waals surface area contributed by atoms with E-state index in [9.17, 15) is 13.6 Å². The Kier molecular flexibility index (Phi) is 4.42. The third-order valence-electron chi connectivity index (χ3n) is 2.81. The molecule has 3 nitrogen and oxygen atoms in total. The van der Waals surface area contributed by atoms with Gasteiger partial charge in [-0.25, -0.2) is 8.78 Å². The van der Waals surface area contributed by atoms with Gasteiger partial charge in [-0.3, -0.25) is 4.79 Å². The molecule has 1 aromatic carbocycles. The second kappa shape index (κ2) is 5.42. The predicted molar refractivity (Wildman–Crippen MR) is 62.4 cm³/mol. The second-order valence-electron chi connectivity index (χ2n) is 3.83. The molecule has 0 aliphatic carbocycles. The average molecular weight is 263 g/mol. The number of nitrogens with zero attached hydrogens (tertiary/aromatic N) is 1.